The third-order valence-corrected chi connectivity index (χ3v) is 5.71. The van der Waals surface area contributed by atoms with Gasteiger partial charge in [-0.25, -0.2) is 4.98 Å². The molecule has 4 rings (SSSR count). The number of fused-ring (bicyclic) bond motifs is 1. The Morgan fingerprint density at radius 1 is 1.33 bits per heavy atom. The average molecular weight is 415 g/mol. The molecular weight excluding hydrogens is 384 g/mol. The summed E-state index contributed by atoms with van der Waals surface area (Å²) in [4.78, 5) is 29.1. The summed E-state index contributed by atoms with van der Waals surface area (Å²) in [5, 5.41) is 6.89. The number of aryl methyl sites for hydroxylation is 1. The van der Waals surface area contributed by atoms with E-state index in [0.717, 1.165) is 30.9 Å². The van der Waals surface area contributed by atoms with Gasteiger partial charge in [0.05, 0.1) is 19.1 Å². The largest absolute Gasteiger partial charge is 0.483 e. The summed E-state index contributed by atoms with van der Waals surface area (Å²) in [5.74, 6) is 1.16. The lowest BCUT2D eigenvalue weighted by Gasteiger charge is -2.35. The highest BCUT2D eigenvalue weighted by atomic mass is 16.5. The van der Waals surface area contributed by atoms with Crippen molar-refractivity contribution in [3.63, 3.8) is 0 Å². The van der Waals surface area contributed by atoms with Gasteiger partial charge in [0.2, 0.25) is 5.91 Å². The lowest BCUT2D eigenvalue weighted by molar-refractivity contribution is -0.134. The molecule has 1 aromatic heterocycles. The second kappa shape index (κ2) is 9.86. The molecule has 3 atom stereocenters. The lowest BCUT2D eigenvalue weighted by Crippen LogP contribution is -2.47. The topological polar surface area (TPSA) is 87.9 Å². The van der Waals surface area contributed by atoms with Crippen LogP contribution in [0, 0.1) is 6.92 Å². The fourth-order valence-corrected chi connectivity index (χ4v) is 4.23. The second-order valence-corrected chi connectivity index (χ2v) is 8.08. The zero-order valence-corrected chi connectivity index (χ0v) is 17.8. The zero-order valence-electron chi connectivity index (χ0n) is 17.8. The third-order valence-electron chi connectivity index (χ3n) is 5.71. The number of amides is 1. The van der Waals surface area contributed by atoms with Crippen LogP contribution in [-0.2, 0) is 14.3 Å². The molecule has 1 aromatic carbocycles. The van der Waals surface area contributed by atoms with E-state index in [1.165, 1.54) is 5.56 Å². The Hall–Kier alpha value is -2.71. The first-order valence-electron chi connectivity index (χ1n) is 10.2. The van der Waals surface area contributed by atoms with Crippen LogP contribution in [0.1, 0.15) is 24.4 Å². The van der Waals surface area contributed by atoms with Gasteiger partial charge in [-0.1, -0.05) is 23.8 Å². The van der Waals surface area contributed by atoms with Gasteiger partial charge in [-0.15, -0.1) is 0 Å². The summed E-state index contributed by atoms with van der Waals surface area (Å²) in [7, 11) is 3.59. The monoisotopic (exact) mass is 414 g/mol. The van der Waals surface area contributed by atoms with Gasteiger partial charge >= 0.3 is 0 Å². The molecule has 30 heavy (non-hydrogen) atoms. The fraction of sp³-hybridized carbons (Fsp3) is 0.500. The van der Waals surface area contributed by atoms with E-state index in [1.54, 1.807) is 19.0 Å². The minimum absolute atomic E-state index is 0.00562. The zero-order chi connectivity index (χ0) is 21.7. The molecule has 2 aromatic rings. The van der Waals surface area contributed by atoms with Gasteiger partial charge in [-0.2, -0.15) is 0 Å². The third kappa shape index (κ3) is 5.06. The Kier molecular flexibility index (Phi) is 7.23. The molecule has 0 unspecified atom stereocenters. The van der Waals surface area contributed by atoms with E-state index in [-0.39, 0.29) is 18.5 Å². The number of morpholine rings is 1. The number of hydrogen-bond donors (Lipinski definition) is 1. The predicted octanol–water partition coefficient (Wildman–Crippen LogP) is 2.05. The van der Waals surface area contributed by atoms with Gasteiger partial charge in [-0.05, 0) is 19.4 Å². The molecule has 2 aliphatic rings. The molecule has 3 heterocycles. The van der Waals surface area contributed by atoms with Crippen molar-refractivity contribution in [3.8, 4) is 11.4 Å². The fourth-order valence-electron chi connectivity index (χ4n) is 4.23. The first-order valence-corrected chi connectivity index (χ1v) is 10.2. The van der Waals surface area contributed by atoms with Crippen molar-refractivity contribution in [3.05, 3.63) is 42.2 Å². The summed E-state index contributed by atoms with van der Waals surface area (Å²) >= 11 is 0. The Labute approximate surface area is 177 Å². The van der Waals surface area contributed by atoms with E-state index in [2.05, 4.69) is 51.8 Å². The molecular formula is C22H30N4O4. The Morgan fingerprint density at radius 3 is 2.80 bits per heavy atom. The van der Waals surface area contributed by atoms with E-state index in [1.807, 2.05) is 6.20 Å². The number of carboxylic acid groups (broad SMARTS) is 1. The number of nitrogens with zero attached hydrogens (tertiary/aromatic N) is 4. The van der Waals surface area contributed by atoms with Crippen molar-refractivity contribution in [2.75, 3.05) is 33.8 Å². The summed E-state index contributed by atoms with van der Waals surface area (Å²) in [5.41, 5.74) is 2.41. The lowest BCUT2D eigenvalue weighted by atomic mass is 10.1. The summed E-state index contributed by atoms with van der Waals surface area (Å²) in [6.07, 6.45) is 5.50. The number of imidazole rings is 1. The van der Waals surface area contributed by atoms with Crippen molar-refractivity contribution in [2.24, 2.45) is 0 Å². The maximum Gasteiger partial charge on any atom is 0.290 e. The molecule has 2 saturated heterocycles. The smallest absolute Gasteiger partial charge is 0.290 e. The molecule has 8 nitrogen and oxygen atoms in total. The maximum atomic E-state index is 12.0. The Bertz CT molecular complexity index is 866. The molecule has 8 heteroatoms. The number of carbonyl (C=O) groups excluding carboxylic acids is 1. The van der Waals surface area contributed by atoms with Crippen LogP contribution in [0.4, 0.5) is 0 Å². The summed E-state index contributed by atoms with van der Waals surface area (Å²) in [6.45, 7) is 4.38. The van der Waals surface area contributed by atoms with E-state index >= 15 is 0 Å². The van der Waals surface area contributed by atoms with Crippen LogP contribution in [0.5, 0.6) is 0 Å². The normalized spacial score (nSPS) is 23.2. The number of benzene rings is 1. The molecule has 1 N–H and O–H groups in total. The van der Waals surface area contributed by atoms with Crippen molar-refractivity contribution in [1.29, 1.82) is 0 Å². The van der Waals surface area contributed by atoms with Gasteiger partial charge in [0, 0.05) is 57.2 Å². The van der Waals surface area contributed by atoms with Gasteiger partial charge in [0.25, 0.3) is 6.47 Å². The van der Waals surface area contributed by atoms with E-state index in [0.29, 0.717) is 25.1 Å². The van der Waals surface area contributed by atoms with Crippen LogP contribution in [0.15, 0.2) is 36.7 Å². The predicted molar refractivity (Wildman–Crippen MR) is 113 cm³/mol. The molecule has 0 saturated carbocycles. The number of carbonyl (C=O) groups is 2. The van der Waals surface area contributed by atoms with Crippen LogP contribution in [0.2, 0.25) is 0 Å². The molecule has 0 aliphatic carbocycles. The maximum absolute atomic E-state index is 12.0. The van der Waals surface area contributed by atoms with Gasteiger partial charge in [-0.3, -0.25) is 14.5 Å². The highest BCUT2D eigenvalue weighted by Gasteiger charge is 2.39. The minimum atomic E-state index is -0.250. The molecule has 1 amide bonds. The van der Waals surface area contributed by atoms with Crippen LogP contribution in [-0.4, -0.2) is 82.8 Å². The number of ether oxygens (including phenoxy) is 1. The van der Waals surface area contributed by atoms with E-state index in [4.69, 9.17) is 14.6 Å². The van der Waals surface area contributed by atoms with E-state index < -0.39 is 0 Å². The van der Waals surface area contributed by atoms with Crippen molar-refractivity contribution >= 4 is 12.4 Å². The van der Waals surface area contributed by atoms with E-state index in [9.17, 15) is 4.79 Å². The van der Waals surface area contributed by atoms with Crippen LogP contribution >= 0.6 is 0 Å². The van der Waals surface area contributed by atoms with Crippen LogP contribution < -0.4 is 0 Å². The van der Waals surface area contributed by atoms with Crippen molar-refractivity contribution < 1.29 is 19.4 Å². The Morgan fingerprint density at radius 2 is 2.10 bits per heavy atom. The summed E-state index contributed by atoms with van der Waals surface area (Å²) < 4.78 is 8.31. The van der Waals surface area contributed by atoms with Gasteiger partial charge in [0.1, 0.15) is 5.82 Å². The highest BCUT2D eigenvalue weighted by Crippen LogP contribution is 2.34. The molecule has 162 valence electrons. The molecule has 0 bridgehead atoms. The standard InChI is InChI=1S/C21H28N4O2.CH2O2/c1-15-5-4-6-16(9-15)21-22-7-8-25(21)17-10-18-14-27-19(13-24(18)12-17)11-20(26)23(2)3;2-1-3/h4-9,17-19H,10-14H2,1-3H3;1H,(H,2,3)/t17-,18+,19+;/m1./s1. The number of rotatable bonds is 4. The molecule has 0 radical (unpaired) electrons. The van der Waals surface area contributed by atoms with Crippen molar-refractivity contribution in [2.45, 2.75) is 38.0 Å². The number of aromatic nitrogens is 2. The first kappa shape index (κ1) is 22.0. The van der Waals surface area contributed by atoms with Crippen molar-refractivity contribution in [1.82, 2.24) is 19.4 Å². The quantitative estimate of drug-likeness (QED) is 0.771. The summed E-state index contributed by atoms with van der Waals surface area (Å²) in [6, 6.07) is 9.32. The van der Waals surface area contributed by atoms with Crippen LogP contribution in [0.25, 0.3) is 11.4 Å². The SMILES string of the molecule is Cc1cccc(-c2nccn2[C@@H]2C[C@H]3CO[C@@H](CC(=O)N(C)C)CN3C2)c1.O=CO. The molecule has 2 fully saturated rings. The highest BCUT2D eigenvalue weighted by molar-refractivity contribution is 5.76. The number of hydrogen-bond acceptors (Lipinski definition) is 5. The van der Waals surface area contributed by atoms with Gasteiger partial charge < -0.3 is 19.3 Å². The van der Waals surface area contributed by atoms with Crippen LogP contribution in [0.3, 0.4) is 0 Å². The average Bonchev–Trinajstić information content (AvgIpc) is 3.35. The molecule has 2 aliphatic heterocycles. The Balaban J connectivity index is 0.000000806. The minimum Gasteiger partial charge on any atom is -0.483 e. The first-order chi connectivity index (χ1) is 14.4. The van der Waals surface area contributed by atoms with Gasteiger partial charge in [0.15, 0.2) is 0 Å². The second-order valence-electron chi connectivity index (χ2n) is 8.08. The molecule has 0 spiro atoms.